The maximum absolute atomic E-state index is 13.8. The average molecular weight is 609 g/mol. The number of furan rings is 1. The van der Waals surface area contributed by atoms with Gasteiger partial charge in [0.1, 0.15) is 11.5 Å². The number of aromatic carboxylic acids is 1. The molecule has 0 radical (unpaired) electrons. The Balaban J connectivity index is 1.60. The highest BCUT2D eigenvalue weighted by molar-refractivity contribution is 7.98. The van der Waals surface area contributed by atoms with Gasteiger partial charge in [0.15, 0.2) is 4.80 Å². The molecule has 1 aliphatic heterocycles. The number of benzene rings is 2. The lowest BCUT2D eigenvalue weighted by atomic mass is 9.96. The number of allylic oxidation sites excluding steroid dienone is 1. The highest BCUT2D eigenvalue weighted by atomic mass is 35.5. The third kappa shape index (κ3) is 5.68. The molecule has 1 atom stereocenters. The molecule has 0 unspecified atom stereocenters. The van der Waals surface area contributed by atoms with Gasteiger partial charge in [-0.1, -0.05) is 41.1 Å². The van der Waals surface area contributed by atoms with Crippen LogP contribution in [0, 0.1) is 0 Å². The summed E-state index contributed by atoms with van der Waals surface area (Å²) in [6, 6.07) is 15.0. The standard InChI is InChI=1S/C30H25ClN2O6S2/c1-15(2)38-29(37)25-16(3)32-30-33(26(25)17-5-9-20(40-4)10-6-17)27(34)24(41-30)14-19-8-12-23(39-19)18-7-11-21(28(35)36)22(31)13-18/h5-15,26H,1-4H3,(H,35,36)/b24-14-/t26-/m0/s1. The van der Waals surface area contributed by atoms with Gasteiger partial charge in [-0.2, -0.15) is 0 Å². The summed E-state index contributed by atoms with van der Waals surface area (Å²) < 4.78 is 13.4. The van der Waals surface area contributed by atoms with Crippen LogP contribution in [0.1, 0.15) is 48.5 Å². The lowest BCUT2D eigenvalue weighted by Crippen LogP contribution is -2.40. The van der Waals surface area contributed by atoms with Crippen LogP contribution in [-0.2, 0) is 9.53 Å². The van der Waals surface area contributed by atoms with E-state index >= 15 is 0 Å². The summed E-state index contributed by atoms with van der Waals surface area (Å²) in [4.78, 5) is 44.5. The smallest absolute Gasteiger partial charge is 0.338 e. The van der Waals surface area contributed by atoms with Crippen LogP contribution < -0.4 is 14.9 Å². The molecular weight excluding hydrogens is 584 g/mol. The number of rotatable bonds is 7. The van der Waals surface area contributed by atoms with Crippen molar-refractivity contribution in [3.05, 3.63) is 107 Å². The fraction of sp³-hybridized carbons (Fsp3) is 0.200. The van der Waals surface area contributed by atoms with E-state index in [2.05, 4.69) is 4.99 Å². The van der Waals surface area contributed by atoms with Crippen LogP contribution in [0.25, 0.3) is 17.4 Å². The predicted molar refractivity (Wildman–Crippen MR) is 159 cm³/mol. The number of aromatic nitrogens is 1. The number of fused-ring (bicyclic) bond motifs is 1. The molecule has 0 fully saturated rings. The molecule has 210 valence electrons. The summed E-state index contributed by atoms with van der Waals surface area (Å²) in [5.74, 6) is -0.756. The molecule has 0 bridgehead atoms. The number of nitrogens with zero attached hydrogens (tertiary/aromatic N) is 2. The third-order valence-electron chi connectivity index (χ3n) is 6.40. The molecule has 11 heteroatoms. The number of ether oxygens (including phenoxy) is 1. The molecule has 8 nitrogen and oxygen atoms in total. The predicted octanol–water partition coefficient (Wildman–Crippen LogP) is 5.52. The van der Waals surface area contributed by atoms with E-state index in [4.69, 9.17) is 20.8 Å². The van der Waals surface area contributed by atoms with E-state index < -0.39 is 18.0 Å². The average Bonchev–Trinajstić information content (AvgIpc) is 3.51. The number of carbonyl (C=O) groups excluding carboxylic acids is 1. The van der Waals surface area contributed by atoms with E-state index in [1.165, 1.54) is 28.0 Å². The second-order valence-corrected chi connectivity index (χ2v) is 11.8. The van der Waals surface area contributed by atoms with Crippen molar-refractivity contribution in [2.75, 3.05) is 6.26 Å². The zero-order chi connectivity index (χ0) is 29.4. The molecule has 0 amide bonds. The molecule has 2 aromatic heterocycles. The molecule has 4 aromatic rings. The summed E-state index contributed by atoms with van der Waals surface area (Å²) in [5, 5.41) is 9.32. The molecule has 0 saturated heterocycles. The molecule has 2 aromatic carbocycles. The number of halogens is 1. The van der Waals surface area contributed by atoms with Crippen LogP contribution in [-0.4, -0.2) is 34.0 Å². The largest absolute Gasteiger partial charge is 0.478 e. The van der Waals surface area contributed by atoms with Gasteiger partial charge in [0.2, 0.25) is 0 Å². The zero-order valence-corrected chi connectivity index (χ0v) is 24.9. The lowest BCUT2D eigenvalue weighted by molar-refractivity contribution is -0.143. The first-order valence-electron chi connectivity index (χ1n) is 12.6. The van der Waals surface area contributed by atoms with Crippen molar-refractivity contribution in [1.82, 2.24) is 4.57 Å². The van der Waals surface area contributed by atoms with Crippen LogP contribution in [0.2, 0.25) is 5.02 Å². The minimum absolute atomic E-state index is 0.00659. The van der Waals surface area contributed by atoms with E-state index in [-0.39, 0.29) is 22.2 Å². The Morgan fingerprint density at radius 1 is 1.17 bits per heavy atom. The Kier molecular flexibility index (Phi) is 8.08. The number of carboxylic acids is 1. The van der Waals surface area contributed by atoms with Crippen molar-refractivity contribution in [2.24, 2.45) is 4.99 Å². The molecule has 0 spiro atoms. The Labute approximate surface area is 248 Å². The molecule has 41 heavy (non-hydrogen) atoms. The molecular formula is C30H25ClN2O6S2. The number of thioether (sulfide) groups is 1. The van der Waals surface area contributed by atoms with Gasteiger partial charge < -0.3 is 14.3 Å². The van der Waals surface area contributed by atoms with Gasteiger partial charge in [-0.3, -0.25) is 9.36 Å². The number of hydrogen-bond donors (Lipinski definition) is 1. The van der Waals surface area contributed by atoms with Gasteiger partial charge in [-0.25, -0.2) is 14.6 Å². The number of esters is 1. The normalized spacial score (nSPS) is 15.2. The Morgan fingerprint density at radius 3 is 2.54 bits per heavy atom. The van der Waals surface area contributed by atoms with Crippen molar-refractivity contribution in [3.63, 3.8) is 0 Å². The second kappa shape index (κ2) is 11.6. The monoisotopic (exact) mass is 608 g/mol. The zero-order valence-electron chi connectivity index (χ0n) is 22.5. The van der Waals surface area contributed by atoms with Gasteiger partial charge in [0.05, 0.1) is 38.5 Å². The maximum Gasteiger partial charge on any atom is 0.338 e. The molecule has 3 heterocycles. The van der Waals surface area contributed by atoms with E-state index in [0.29, 0.717) is 37.7 Å². The fourth-order valence-electron chi connectivity index (χ4n) is 4.52. The number of hydrogen-bond acceptors (Lipinski definition) is 8. The lowest BCUT2D eigenvalue weighted by Gasteiger charge is -2.25. The van der Waals surface area contributed by atoms with Crippen LogP contribution >= 0.6 is 34.7 Å². The minimum atomic E-state index is -1.12. The van der Waals surface area contributed by atoms with E-state index in [0.717, 1.165) is 10.5 Å². The SMILES string of the molecule is CSc1ccc([C@H]2C(C(=O)OC(C)C)=C(C)N=c3s/c(=C\c4ccc(-c5ccc(C(=O)O)c(Cl)c5)o4)c(=O)n32)cc1. The van der Waals surface area contributed by atoms with E-state index in [9.17, 15) is 19.5 Å². The highest BCUT2D eigenvalue weighted by Crippen LogP contribution is 2.32. The van der Waals surface area contributed by atoms with Crippen molar-refractivity contribution in [2.45, 2.75) is 37.8 Å². The first-order chi connectivity index (χ1) is 19.6. The maximum atomic E-state index is 13.8. The topological polar surface area (TPSA) is 111 Å². The Morgan fingerprint density at radius 2 is 1.90 bits per heavy atom. The molecule has 0 aliphatic carbocycles. The molecule has 0 saturated carbocycles. The first-order valence-corrected chi connectivity index (χ1v) is 15.0. The number of carboxylic acid groups (broad SMARTS) is 1. The number of carbonyl (C=O) groups is 2. The van der Waals surface area contributed by atoms with Gasteiger partial charge >= 0.3 is 11.9 Å². The van der Waals surface area contributed by atoms with Crippen LogP contribution in [0.5, 0.6) is 0 Å². The van der Waals surface area contributed by atoms with Crippen molar-refractivity contribution in [1.29, 1.82) is 0 Å². The van der Waals surface area contributed by atoms with Crippen molar-refractivity contribution in [3.8, 4) is 11.3 Å². The Bertz CT molecular complexity index is 1880. The second-order valence-electron chi connectivity index (χ2n) is 9.51. The van der Waals surface area contributed by atoms with Gasteiger partial charge in [-0.05, 0) is 69.0 Å². The summed E-state index contributed by atoms with van der Waals surface area (Å²) in [6.07, 6.45) is 3.27. The Hall–Kier alpha value is -3.86. The van der Waals surface area contributed by atoms with Gasteiger partial charge in [-0.15, -0.1) is 11.8 Å². The van der Waals surface area contributed by atoms with Crippen LogP contribution in [0.3, 0.4) is 0 Å². The van der Waals surface area contributed by atoms with Crippen molar-refractivity contribution < 1.29 is 23.8 Å². The summed E-state index contributed by atoms with van der Waals surface area (Å²) >= 11 is 8.92. The third-order valence-corrected chi connectivity index (χ3v) is 8.44. The first kappa shape index (κ1) is 28.7. The van der Waals surface area contributed by atoms with E-state index in [1.54, 1.807) is 56.8 Å². The van der Waals surface area contributed by atoms with Crippen LogP contribution in [0.4, 0.5) is 0 Å². The van der Waals surface area contributed by atoms with Gasteiger partial charge in [0.25, 0.3) is 5.56 Å². The van der Waals surface area contributed by atoms with Crippen molar-refractivity contribution >= 4 is 52.7 Å². The fourth-order valence-corrected chi connectivity index (χ4v) is 6.21. The number of thiazole rings is 1. The highest BCUT2D eigenvalue weighted by Gasteiger charge is 2.33. The van der Waals surface area contributed by atoms with Crippen LogP contribution in [0.15, 0.2) is 85.0 Å². The molecule has 5 rings (SSSR count). The summed E-state index contributed by atoms with van der Waals surface area (Å²) in [7, 11) is 0. The summed E-state index contributed by atoms with van der Waals surface area (Å²) in [5.41, 5.74) is 1.84. The summed E-state index contributed by atoms with van der Waals surface area (Å²) in [6.45, 7) is 5.30. The molecule has 1 N–H and O–H groups in total. The van der Waals surface area contributed by atoms with E-state index in [1.807, 2.05) is 30.5 Å². The minimum Gasteiger partial charge on any atom is -0.478 e. The molecule has 1 aliphatic rings. The quantitative estimate of drug-likeness (QED) is 0.217. The van der Waals surface area contributed by atoms with Gasteiger partial charge in [0, 0.05) is 16.5 Å².